The molecule has 0 aromatic carbocycles. The van der Waals surface area contributed by atoms with Crippen molar-refractivity contribution in [3.8, 4) is 0 Å². The molecule has 1 saturated heterocycles. The number of hydrogen-bond acceptors (Lipinski definition) is 3. The highest BCUT2D eigenvalue weighted by Gasteiger charge is 2.21. The number of aryl methyl sites for hydroxylation is 1. The minimum Gasteiger partial charge on any atom is -0.384 e. The predicted molar refractivity (Wildman–Crippen MR) is 61.7 cm³/mol. The van der Waals surface area contributed by atoms with Crippen molar-refractivity contribution >= 4 is 5.82 Å². The van der Waals surface area contributed by atoms with Gasteiger partial charge in [-0.25, -0.2) is 0 Å². The molecule has 1 aliphatic rings. The molecule has 4 nitrogen and oxygen atoms in total. The van der Waals surface area contributed by atoms with Gasteiger partial charge in [0, 0.05) is 19.0 Å². The summed E-state index contributed by atoms with van der Waals surface area (Å²) in [6.07, 6.45) is 2.43. The lowest BCUT2D eigenvalue weighted by atomic mass is 9.94. The molecule has 0 unspecified atom stereocenters. The van der Waals surface area contributed by atoms with Crippen LogP contribution in [-0.2, 0) is 7.05 Å². The number of nitrogens with zero attached hydrogens (tertiary/aromatic N) is 3. The number of nitrogen functional groups attached to an aromatic ring is 1. The maximum atomic E-state index is 5.79. The van der Waals surface area contributed by atoms with E-state index in [1.54, 1.807) is 4.68 Å². The van der Waals surface area contributed by atoms with Gasteiger partial charge in [-0.15, -0.1) is 0 Å². The first-order valence-corrected chi connectivity index (χ1v) is 5.72. The molecule has 0 spiro atoms. The van der Waals surface area contributed by atoms with Crippen LogP contribution in [0.5, 0.6) is 0 Å². The normalized spacial score (nSPS) is 19.6. The van der Waals surface area contributed by atoms with Crippen LogP contribution in [0.15, 0.2) is 6.07 Å². The fourth-order valence-corrected chi connectivity index (χ4v) is 2.25. The fourth-order valence-electron chi connectivity index (χ4n) is 2.25. The topological polar surface area (TPSA) is 47.1 Å². The van der Waals surface area contributed by atoms with Crippen LogP contribution in [0.2, 0.25) is 0 Å². The Labute approximate surface area is 91.1 Å². The van der Waals surface area contributed by atoms with Crippen molar-refractivity contribution in [2.24, 2.45) is 7.05 Å². The van der Waals surface area contributed by atoms with Crippen LogP contribution in [0.4, 0.5) is 5.82 Å². The van der Waals surface area contributed by atoms with Crippen molar-refractivity contribution in [1.29, 1.82) is 0 Å². The van der Waals surface area contributed by atoms with E-state index in [1.807, 2.05) is 13.1 Å². The van der Waals surface area contributed by atoms with E-state index in [0.29, 0.717) is 5.92 Å². The maximum absolute atomic E-state index is 5.79. The van der Waals surface area contributed by atoms with Gasteiger partial charge < -0.3 is 10.6 Å². The minimum atomic E-state index is 0.608. The first kappa shape index (κ1) is 10.5. The number of rotatable bonds is 2. The van der Waals surface area contributed by atoms with Gasteiger partial charge in [0.1, 0.15) is 5.82 Å². The van der Waals surface area contributed by atoms with E-state index >= 15 is 0 Å². The molecule has 0 aliphatic carbocycles. The number of piperidine rings is 1. The highest BCUT2D eigenvalue weighted by Crippen LogP contribution is 2.27. The monoisotopic (exact) mass is 208 g/mol. The Balaban J connectivity index is 2.01. The summed E-state index contributed by atoms with van der Waals surface area (Å²) in [5, 5.41) is 4.46. The number of anilines is 1. The Morgan fingerprint density at radius 2 is 2.13 bits per heavy atom. The molecule has 2 heterocycles. The molecule has 1 aromatic heterocycles. The smallest absolute Gasteiger partial charge is 0.121 e. The van der Waals surface area contributed by atoms with Crippen LogP contribution in [0.25, 0.3) is 0 Å². The molecular weight excluding hydrogens is 188 g/mol. The van der Waals surface area contributed by atoms with Crippen LogP contribution in [0, 0.1) is 0 Å². The summed E-state index contributed by atoms with van der Waals surface area (Å²) in [4.78, 5) is 2.49. The van der Waals surface area contributed by atoms with E-state index < -0.39 is 0 Å². The molecule has 0 radical (unpaired) electrons. The van der Waals surface area contributed by atoms with Crippen LogP contribution >= 0.6 is 0 Å². The molecule has 2 rings (SSSR count). The Hall–Kier alpha value is -1.03. The zero-order valence-electron chi connectivity index (χ0n) is 9.61. The number of likely N-dealkylation sites (tertiary alicyclic amines) is 1. The van der Waals surface area contributed by atoms with Crippen molar-refractivity contribution in [3.63, 3.8) is 0 Å². The van der Waals surface area contributed by atoms with Gasteiger partial charge in [0.05, 0.1) is 5.69 Å². The Morgan fingerprint density at radius 3 is 2.60 bits per heavy atom. The van der Waals surface area contributed by atoms with E-state index in [0.717, 1.165) is 12.4 Å². The minimum absolute atomic E-state index is 0.608. The van der Waals surface area contributed by atoms with Gasteiger partial charge in [-0.2, -0.15) is 5.10 Å². The molecule has 4 heteroatoms. The van der Waals surface area contributed by atoms with E-state index in [4.69, 9.17) is 5.73 Å². The summed E-state index contributed by atoms with van der Waals surface area (Å²) in [5.74, 6) is 1.37. The maximum Gasteiger partial charge on any atom is 0.121 e. The average Bonchev–Trinajstić information content (AvgIpc) is 2.59. The van der Waals surface area contributed by atoms with Crippen molar-refractivity contribution in [2.45, 2.75) is 25.7 Å². The molecule has 84 valence electrons. The van der Waals surface area contributed by atoms with Crippen molar-refractivity contribution in [1.82, 2.24) is 14.7 Å². The third-order valence-electron chi connectivity index (χ3n) is 3.39. The summed E-state index contributed by atoms with van der Waals surface area (Å²) in [6.45, 7) is 5.77. The van der Waals surface area contributed by atoms with E-state index in [1.165, 1.54) is 31.6 Å². The molecule has 1 aliphatic heterocycles. The lowest BCUT2D eigenvalue weighted by Gasteiger charge is -2.29. The van der Waals surface area contributed by atoms with Crippen molar-refractivity contribution in [3.05, 3.63) is 11.8 Å². The molecule has 1 aromatic rings. The SMILES string of the molecule is CCN1CCC(c2cc(N)n(C)n2)CC1. The molecule has 0 atom stereocenters. The fraction of sp³-hybridized carbons (Fsp3) is 0.727. The Bertz CT molecular complexity index is 304. The third-order valence-corrected chi connectivity index (χ3v) is 3.39. The number of hydrogen-bond donors (Lipinski definition) is 1. The molecular formula is C11H20N4. The van der Waals surface area contributed by atoms with Crippen LogP contribution in [0.3, 0.4) is 0 Å². The highest BCUT2D eigenvalue weighted by atomic mass is 15.3. The van der Waals surface area contributed by atoms with Crippen LogP contribution < -0.4 is 5.73 Å². The summed E-state index contributed by atoms with van der Waals surface area (Å²) in [6, 6.07) is 2.02. The second kappa shape index (κ2) is 4.23. The van der Waals surface area contributed by atoms with Crippen molar-refractivity contribution < 1.29 is 0 Å². The van der Waals surface area contributed by atoms with Gasteiger partial charge in [0.2, 0.25) is 0 Å². The first-order chi connectivity index (χ1) is 7.20. The van der Waals surface area contributed by atoms with Gasteiger partial charge in [0.25, 0.3) is 0 Å². The second-order valence-electron chi connectivity index (χ2n) is 4.33. The quantitative estimate of drug-likeness (QED) is 0.794. The Morgan fingerprint density at radius 1 is 1.47 bits per heavy atom. The zero-order chi connectivity index (χ0) is 10.8. The lowest BCUT2D eigenvalue weighted by molar-refractivity contribution is 0.220. The molecule has 0 amide bonds. The first-order valence-electron chi connectivity index (χ1n) is 5.72. The second-order valence-corrected chi connectivity index (χ2v) is 4.33. The summed E-state index contributed by atoms with van der Waals surface area (Å²) in [7, 11) is 1.90. The van der Waals surface area contributed by atoms with Crippen LogP contribution in [-0.4, -0.2) is 34.3 Å². The third kappa shape index (κ3) is 2.15. The molecule has 1 fully saturated rings. The van der Waals surface area contributed by atoms with Gasteiger partial charge in [0.15, 0.2) is 0 Å². The largest absolute Gasteiger partial charge is 0.384 e. The van der Waals surface area contributed by atoms with Gasteiger partial charge >= 0.3 is 0 Å². The van der Waals surface area contributed by atoms with Crippen LogP contribution in [0.1, 0.15) is 31.4 Å². The van der Waals surface area contributed by atoms with E-state index in [9.17, 15) is 0 Å². The predicted octanol–water partition coefficient (Wildman–Crippen LogP) is 1.20. The number of aromatic nitrogens is 2. The molecule has 2 N–H and O–H groups in total. The van der Waals surface area contributed by atoms with Gasteiger partial charge in [-0.1, -0.05) is 6.92 Å². The molecule has 0 saturated carbocycles. The molecule has 15 heavy (non-hydrogen) atoms. The van der Waals surface area contributed by atoms with Gasteiger partial charge in [-0.05, 0) is 32.5 Å². The van der Waals surface area contributed by atoms with E-state index in [2.05, 4.69) is 16.9 Å². The summed E-state index contributed by atoms with van der Waals surface area (Å²) in [5.41, 5.74) is 6.96. The standard InChI is InChI=1S/C11H20N4/c1-3-15-6-4-9(5-7-15)10-8-11(12)14(2)13-10/h8-9H,3-7,12H2,1-2H3. The summed E-state index contributed by atoms with van der Waals surface area (Å²) < 4.78 is 1.77. The van der Waals surface area contributed by atoms with Gasteiger partial charge in [-0.3, -0.25) is 4.68 Å². The number of nitrogens with two attached hydrogens (primary N) is 1. The summed E-state index contributed by atoms with van der Waals surface area (Å²) >= 11 is 0. The highest BCUT2D eigenvalue weighted by molar-refractivity contribution is 5.32. The zero-order valence-corrected chi connectivity index (χ0v) is 9.61. The molecule has 0 bridgehead atoms. The lowest BCUT2D eigenvalue weighted by Crippen LogP contribution is -2.32. The average molecular weight is 208 g/mol. The van der Waals surface area contributed by atoms with Crippen molar-refractivity contribution in [2.75, 3.05) is 25.4 Å². The Kier molecular flexibility index (Phi) is 2.95. The van der Waals surface area contributed by atoms with E-state index in [-0.39, 0.29) is 0 Å².